The lowest BCUT2D eigenvalue weighted by Crippen LogP contribution is -2.48. The number of rotatable bonds is 8. The molecule has 0 radical (unpaired) electrons. The molecule has 0 saturated heterocycles. The van der Waals surface area contributed by atoms with Gasteiger partial charge in [0.1, 0.15) is 12.4 Å². The molecule has 0 aliphatic heterocycles. The standard InChI is InChI=1S/C34H34Cl2O3/c1-2-26(33(37)38)13-22-14-29(35)32(30(36)15-22)27-8-9-31(39-20-21-6-4-3-5-7-21)28(16-27)34-17-23-10-24(18-34)12-25(11-23)19-34/h3-9,13-16,23-25H,2,10-12,17-20H2,1H3,(H,37,38). The molecule has 5 heteroatoms. The maximum Gasteiger partial charge on any atom is 0.331 e. The summed E-state index contributed by atoms with van der Waals surface area (Å²) in [6.45, 7) is 2.36. The Balaban J connectivity index is 1.41. The third kappa shape index (κ3) is 5.24. The summed E-state index contributed by atoms with van der Waals surface area (Å²) in [5.74, 6) is 2.46. The number of halogens is 2. The summed E-state index contributed by atoms with van der Waals surface area (Å²) in [4.78, 5) is 11.5. The van der Waals surface area contributed by atoms with Gasteiger partial charge in [0.25, 0.3) is 0 Å². The molecule has 7 rings (SSSR count). The fourth-order valence-electron chi connectivity index (χ4n) is 7.87. The second-order valence-corrected chi connectivity index (χ2v) is 12.7. The van der Waals surface area contributed by atoms with E-state index in [0.717, 1.165) is 40.2 Å². The number of benzene rings is 3. The zero-order chi connectivity index (χ0) is 27.1. The minimum atomic E-state index is -0.930. The van der Waals surface area contributed by atoms with Crippen LogP contribution in [0, 0.1) is 17.8 Å². The summed E-state index contributed by atoms with van der Waals surface area (Å²) in [6.07, 6.45) is 9.88. The van der Waals surface area contributed by atoms with Gasteiger partial charge in [0.15, 0.2) is 0 Å². The summed E-state index contributed by atoms with van der Waals surface area (Å²) in [7, 11) is 0. The zero-order valence-corrected chi connectivity index (χ0v) is 23.8. The van der Waals surface area contributed by atoms with Gasteiger partial charge in [0.2, 0.25) is 0 Å². The minimum Gasteiger partial charge on any atom is -0.489 e. The second-order valence-electron chi connectivity index (χ2n) is 11.9. The number of ether oxygens (including phenoxy) is 1. The van der Waals surface area contributed by atoms with Crippen molar-refractivity contribution in [1.82, 2.24) is 0 Å². The molecule has 202 valence electrons. The maximum atomic E-state index is 11.5. The molecule has 4 saturated carbocycles. The highest BCUT2D eigenvalue weighted by atomic mass is 35.5. The molecule has 0 unspecified atom stereocenters. The largest absolute Gasteiger partial charge is 0.489 e. The van der Waals surface area contributed by atoms with E-state index >= 15 is 0 Å². The van der Waals surface area contributed by atoms with E-state index in [9.17, 15) is 9.90 Å². The number of aliphatic carboxylic acids is 1. The molecule has 0 spiro atoms. The first-order chi connectivity index (χ1) is 18.8. The second kappa shape index (κ2) is 10.7. The molecule has 0 atom stereocenters. The molecule has 3 nitrogen and oxygen atoms in total. The zero-order valence-electron chi connectivity index (χ0n) is 22.3. The van der Waals surface area contributed by atoms with Crippen molar-refractivity contribution in [3.63, 3.8) is 0 Å². The van der Waals surface area contributed by atoms with Crippen molar-refractivity contribution >= 4 is 35.2 Å². The van der Waals surface area contributed by atoms with Crippen LogP contribution in [0.3, 0.4) is 0 Å². The van der Waals surface area contributed by atoms with Crippen molar-refractivity contribution < 1.29 is 14.6 Å². The van der Waals surface area contributed by atoms with E-state index < -0.39 is 5.97 Å². The van der Waals surface area contributed by atoms with Crippen molar-refractivity contribution in [2.24, 2.45) is 17.8 Å². The van der Waals surface area contributed by atoms with Crippen molar-refractivity contribution in [3.05, 3.63) is 93.0 Å². The Bertz CT molecular complexity index is 1370. The summed E-state index contributed by atoms with van der Waals surface area (Å²) >= 11 is 13.7. The first-order valence-electron chi connectivity index (χ1n) is 14.1. The number of hydrogen-bond acceptors (Lipinski definition) is 2. The van der Waals surface area contributed by atoms with Crippen LogP contribution in [0.15, 0.2) is 66.2 Å². The fraction of sp³-hybridized carbons (Fsp3) is 0.382. The first kappa shape index (κ1) is 26.5. The highest BCUT2D eigenvalue weighted by Crippen LogP contribution is 2.62. The predicted molar refractivity (Wildman–Crippen MR) is 158 cm³/mol. The van der Waals surface area contributed by atoms with Gasteiger partial charge in [0.05, 0.1) is 10.0 Å². The number of carbonyl (C=O) groups is 1. The van der Waals surface area contributed by atoms with E-state index in [-0.39, 0.29) is 5.41 Å². The number of carboxylic acids is 1. The molecule has 4 aliphatic rings. The van der Waals surface area contributed by atoms with Crippen LogP contribution < -0.4 is 4.74 Å². The molecule has 4 bridgehead atoms. The van der Waals surface area contributed by atoms with Gasteiger partial charge >= 0.3 is 5.97 Å². The van der Waals surface area contributed by atoms with Crippen molar-refractivity contribution in [2.45, 2.75) is 63.9 Å². The third-order valence-electron chi connectivity index (χ3n) is 9.18. The van der Waals surface area contributed by atoms with Gasteiger partial charge in [-0.05, 0) is 115 Å². The Morgan fingerprint density at radius 2 is 1.56 bits per heavy atom. The summed E-state index contributed by atoms with van der Waals surface area (Å²) in [5.41, 5.74) is 5.36. The topological polar surface area (TPSA) is 46.5 Å². The monoisotopic (exact) mass is 560 g/mol. The molecular formula is C34H34Cl2O3. The molecule has 3 aromatic carbocycles. The van der Waals surface area contributed by atoms with Crippen LogP contribution in [0.4, 0.5) is 0 Å². The summed E-state index contributed by atoms with van der Waals surface area (Å²) in [5, 5.41) is 10.5. The SMILES string of the molecule is CCC(=Cc1cc(Cl)c(-c2ccc(OCc3ccccc3)c(C34CC5CC(CC(C5)C3)C4)c2)c(Cl)c1)C(=O)O. The molecule has 0 aromatic heterocycles. The van der Waals surface area contributed by atoms with Crippen LogP contribution in [0.1, 0.15) is 68.6 Å². The molecule has 4 fully saturated rings. The molecule has 39 heavy (non-hydrogen) atoms. The van der Waals surface area contributed by atoms with Gasteiger partial charge in [-0.15, -0.1) is 0 Å². The molecule has 3 aromatic rings. The van der Waals surface area contributed by atoms with E-state index in [1.165, 1.54) is 44.1 Å². The third-order valence-corrected chi connectivity index (χ3v) is 9.77. The summed E-state index contributed by atoms with van der Waals surface area (Å²) in [6, 6.07) is 20.4. The van der Waals surface area contributed by atoms with Crippen molar-refractivity contribution in [1.29, 1.82) is 0 Å². The number of carboxylic acid groups (broad SMARTS) is 1. The van der Waals surface area contributed by atoms with Crippen LogP contribution in [0.5, 0.6) is 5.75 Å². The average Bonchev–Trinajstić information content (AvgIpc) is 2.90. The number of hydrogen-bond donors (Lipinski definition) is 1. The lowest BCUT2D eigenvalue weighted by atomic mass is 9.48. The van der Waals surface area contributed by atoms with Crippen LogP contribution in [0.25, 0.3) is 17.2 Å². The van der Waals surface area contributed by atoms with Crippen LogP contribution in [-0.2, 0) is 16.8 Å². The van der Waals surface area contributed by atoms with E-state index in [2.05, 4.69) is 30.3 Å². The van der Waals surface area contributed by atoms with Gasteiger partial charge in [-0.1, -0.05) is 66.5 Å². The van der Waals surface area contributed by atoms with E-state index in [0.29, 0.717) is 34.2 Å². The lowest BCUT2D eigenvalue weighted by Gasteiger charge is -2.57. The van der Waals surface area contributed by atoms with Crippen LogP contribution >= 0.6 is 23.2 Å². The van der Waals surface area contributed by atoms with E-state index in [4.69, 9.17) is 27.9 Å². The van der Waals surface area contributed by atoms with Gasteiger partial charge in [-0.2, -0.15) is 0 Å². The van der Waals surface area contributed by atoms with Crippen LogP contribution in [-0.4, -0.2) is 11.1 Å². The van der Waals surface area contributed by atoms with Gasteiger partial charge in [-0.3, -0.25) is 0 Å². The molecule has 1 N–H and O–H groups in total. The minimum absolute atomic E-state index is 0.135. The average molecular weight is 562 g/mol. The molecular weight excluding hydrogens is 527 g/mol. The predicted octanol–water partition coefficient (Wildman–Crippen LogP) is 9.59. The smallest absolute Gasteiger partial charge is 0.331 e. The van der Waals surface area contributed by atoms with Gasteiger partial charge < -0.3 is 9.84 Å². The first-order valence-corrected chi connectivity index (χ1v) is 14.8. The van der Waals surface area contributed by atoms with Crippen molar-refractivity contribution in [2.75, 3.05) is 0 Å². The van der Waals surface area contributed by atoms with Crippen LogP contribution in [0.2, 0.25) is 10.0 Å². The van der Waals surface area contributed by atoms with E-state index in [1.807, 2.05) is 37.3 Å². The Morgan fingerprint density at radius 1 is 0.949 bits per heavy atom. The molecule has 0 amide bonds. The van der Waals surface area contributed by atoms with E-state index in [1.54, 1.807) is 6.08 Å². The Hall–Kier alpha value is -2.75. The maximum absolute atomic E-state index is 11.5. The molecule has 4 aliphatic carbocycles. The Labute approximate surface area is 240 Å². The normalized spacial score (nSPS) is 25.6. The summed E-state index contributed by atoms with van der Waals surface area (Å²) < 4.78 is 6.53. The lowest BCUT2D eigenvalue weighted by molar-refractivity contribution is -0.132. The quantitative estimate of drug-likeness (QED) is 0.279. The van der Waals surface area contributed by atoms with Crippen molar-refractivity contribution in [3.8, 4) is 16.9 Å². The Kier molecular flexibility index (Phi) is 7.24. The highest BCUT2D eigenvalue weighted by molar-refractivity contribution is 6.39. The van der Waals surface area contributed by atoms with Gasteiger partial charge in [-0.25, -0.2) is 4.79 Å². The highest BCUT2D eigenvalue weighted by Gasteiger charge is 2.52. The van der Waals surface area contributed by atoms with Gasteiger partial charge in [0, 0.05) is 16.7 Å². The fourth-order valence-corrected chi connectivity index (χ4v) is 8.59. The Morgan fingerprint density at radius 3 is 2.13 bits per heavy atom. The molecule has 0 heterocycles.